The highest BCUT2D eigenvalue weighted by molar-refractivity contribution is 5.90. The highest BCUT2D eigenvalue weighted by atomic mass is 16.5. The minimum absolute atomic E-state index is 0.0298. The normalized spacial score (nSPS) is 37.4. The number of nitrogens with zero attached hydrogens (tertiary/aromatic N) is 1. The Morgan fingerprint density at radius 2 is 2.20 bits per heavy atom. The number of Topliss-reactive ketones (excluding diaryl/α,β-unsaturated/α-hetero) is 1. The number of rotatable bonds is 1. The molecule has 2 aliphatic heterocycles. The Kier molecular flexibility index (Phi) is 2.77. The van der Waals surface area contributed by atoms with Gasteiger partial charge < -0.3 is 19.5 Å². The van der Waals surface area contributed by atoms with Crippen LogP contribution in [-0.2, 0) is 21.4 Å². The molecule has 4 aliphatic rings. The van der Waals surface area contributed by atoms with Crippen molar-refractivity contribution in [2.24, 2.45) is 0 Å². The van der Waals surface area contributed by atoms with Gasteiger partial charge in [0, 0.05) is 25.5 Å². The monoisotopic (exact) mass is 343 g/mol. The van der Waals surface area contributed by atoms with Crippen LogP contribution in [0.1, 0.15) is 37.3 Å². The summed E-state index contributed by atoms with van der Waals surface area (Å²) in [6.45, 7) is 2.08. The van der Waals surface area contributed by atoms with Crippen LogP contribution in [0.15, 0.2) is 12.1 Å². The molecule has 1 spiro atoms. The van der Waals surface area contributed by atoms with Crippen LogP contribution in [0.3, 0.4) is 0 Å². The topological polar surface area (TPSA) is 76.1 Å². The first-order valence-corrected chi connectivity index (χ1v) is 8.83. The van der Waals surface area contributed by atoms with E-state index in [-0.39, 0.29) is 24.2 Å². The van der Waals surface area contributed by atoms with Crippen molar-refractivity contribution in [3.8, 4) is 11.5 Å². The summed E-state index contributed by atoms with van der Waals surface area (Å²) < 4.78 is 11.6. The third-order valence-corrected chi connectivity index (χ3v) is 6.87. The number of hydrogen-bond donors (Lipinski definition) is 1. The van der Waals surface area contributed by atoms with Gasteiger partial charge in [0.25, 0.3) is 0 Å². The number of likely N-dealkylation sites (tertiary alicyclic amines) is 1. The number of ether oxygens (including phenoxy) is 2. The average molecular weight is 343 g/mol. The summed E-state index contributed by atoms with van der Waals surface area (Å²) in [5, 5.41) is 11.8. The number of carbonyl (C=O) groups is 2. The van der Waals surface area contributed by atoms with Crippen LogP contribution in [0.2, 0.25) is 0 Å². The molecule has 6 nitrogen and oxygen atoms in total. The highest BCUT2D eigenvalue weighted by Crippen LogP contribution is 2.64. The molecule has 25 heavy (non-hydrogen) atoms. The smallest absolute Gasteiger partial charge is 0.219 e. The van der Waals surface area contributed by atoms with Gasteiger partial charge in [0.15, 0.2) is 23.4 Å². The largest absolute Gasteiger partial charge is 0.493 e. The second-order valence-electron chi connectivity index (χ2n) is 7.67. The molecule has 1 N–H and O–H groups in total. The fourth-order valence-electron chi connectivity index (χ4n) is 5.85. The molecule has 6 heteroatoms. The van der Waals surface area contributed by atoms with Crippen LogP contribution in [0.25, 0.3) is 0 Å². The summed E-state index contributed by atoms with van der Waals surface area (Å²) in [6, 6.07) is 3.52. The molecule has 1 aromatic carbocycles. The van der Waals surface area contributed by atoms with Crippen molar-refractivity contribution in [3.63, 3.8) is 0 Å². The fourth-order valence-corrected chi connectivity index (χ4v) is 5.85. The van der Waals surface area contributed by atoms with E-state index in [2.05, 4.69) is 0 Å². The van der Waals surface area contributed by atoms with Gasteiger partial charge in [-0.15, -0.1) is 0 Å². The van der Waals surface area contributed by atoms with Crippen LogP contribution < -0.4 is 9.47 Å². The van der Waals surface area contributed by atoms with E-state index in [1.54, 1.807) is 18.9 Å². The maximum absolute atomic E-state index is 12.7. The van der Waals surface area contributed by atoms with Gasteiger partial charge in [0.2, 0.25) is 5.91 Å². The van der Waals surface area contributed by atoms with Gasteiger partial charge in [-0.3, -0.25) is 9.59 Å². The van der Waals surface area contributed by atoms with Gasteiger partial charge in [0.1, 0.15) is 0 Å². The van der Waals surface area contributed by atoms with Gasteiger partial charge in [-0.25, -0.2) is 0 Å². The number of carbonyl (C=O) groups excluding carboxylic acids is 2. The molecule has 1 saturated heterocycles. The summed E-state index contributed by atoms with van der Waals surface area (Å²) in [6.07, 6.45) is 1.07. The Morgan fingerprint density at radius 1 is 1.40 bits per heavy atom. The minimum Gasteiger partial charge on any atom is -0.493 e. The third kappa shape index (κ3) is 1.51. The van der Waals surface area contributed by atoms with E-state index in [0.717, 1.165) is 11.1 Å². The molecule has 1 amide bonds. The lowest BCUT2D eigenvalue weighted by Crippen LogP contribution is -2.77. The number of piperidine rings is 1. The number of hydrogen-bond acceptors (Lipinski definition) is 5. The summed E-state index contributed by atoms with van der Waals surface area (Å²) in [5.41, 5.74) is 0.0803. The van der Waals surface area contributed by atoms with E-state index in [4.69, 9.17) is 9.47 Å². The first-order valence-electron chi connectivity index (χ1n) is 8.83. The number of benzene rings is 1. The second kappa shape index (κ2) is 4.55. The van der Waals surface area contributed by atoms with Crippen LogP contribution in [-0.4, -0.2) is 53.1 Å². The summed E-state index contributed by atoms with van der Waals surface area (Å²) >= 11 is 0. The Labute approximate surface area is 145 Å². The molecule has 4 atom stereocenters. The van der Waals surface area contributed by atoms with E-state index in [1.165, 1.54) is 0 Å². The molecule has 1 saturated carbocycles. The number of amides is 1. The van der Waals surface area contributed by atoms with Crippen LogP contribution in [0.5, 0.6) is 11.5 Å². The van der Waals surface area contributed by atoms with Crippen molar-refractivity contribution < 1.29 is 24.2 Å². The Balaban J connectivity index is 1.82. The summed E-state index contributed by atoms with van der Waals surface area (Å²) in [4.78, 5) is 26.7. The van der Waals surface area contributed by atoms with Crippen molar-refractivity contribution in [1.29, 1.82) is 0 Å². The molecule has 132 valence electrons. The molecule has 1 aromatic rings. The first kappa shape index (κ1) is 15.2. The zero-order valence-corrected chi connectivity index (χ0v) is 14.4. The van der Waals surface area contributed by atoms with Crippen LogP contribution in [0, 0.1) is 0 Å². The van der Waals surface area contributed by atoms with E-state index in [1.807, 2.05) is 12.1 Å². The predicted octanol–water partition coefficient (Wildman–Crippen LogP) is 0.965. The molecule has 0 radical (unpaired) electrons. The zero-order chi connectivity index (χ0) is 17.6. The summed E-state index contributed by atoms with van der Waals surface area (Å²) in [5.74, 6) is 1.21. The van der Waals surface area contributed by atoms with E-state index in [0.29, 0.717) is 37.3 Å². The van der Waals surface area contributed by atoms with Gasteiger partial charge in [0.05, 0.1) is 24.2 Å². The molecule has 0 aromatic heterocycles. The lowest BCUT2D eigenvalue weighted by atomic mass is 9.49. The predicted molar refractivity (Wildman–Crippen MR) is 87.8 cm³/mol. The zero-order valence-electron chi connectivity index (χ0n) is 14.4. The molecule has 2 bridgehead atoms. The highest BCUT2D eigenvalue weighted by Gasteiger charge is 2.73. The molecular weight excluding hydrogens is 322 g/mol. The van der Waals surface area contributed by atoms with Gasteiger partial charge in [-0.1, -0.05) is 6.07 Å². The number of ketones is 1. The van der Waals surface area contributed by atoms with E-state index >= 15 is 0 Å². The Hall–Kier alpha value is -2.08. The SMILES string of the molecule is COc1ccc2c3c1O[C@H]1C(=O)CC[C@@]4(O)[C@@H](C2)N(C(C)=O)CC[C@]314. The molecular formula is C19H21NO5. The van der Waals surface area contributed by atoms with Crippen LogP contribution >= 0.6 is 0 Å². The molecule has 2 fully saturated rings. The maximum atomic E-state index is 12.7. The van der Waals surface area contributed by atoms with Gasteiger partial charge >= 0.3 is 0 Å². The van der Waals surface area contributed by atoms with Crippen molar-refractivity contribution in [1.82, 2.24) is 4.90 Å². The average Bonchev–Trinajstić information content (AvgIpc) is 2.92. The van der Waals surface area contributed by atoms with Crippen molar-refractivity contribution in [2.75, 3.05) is 13.7 Å². The van der Waals surface area contributed by atoms with Crippen molar-refractivity contribution in [3.05, 3.63) is 23.3 Å². The van der Waals surface area contributed by atoms with E-state index in [9.17, 15) is 14.7 Å². The van der Waals surface area contributed by atoms with Crippen molar-refractivity contribution in [2.45, 2.75) is 55.8 Å². The van der Waals surface area contributed by atoms with E-state index < -0.39 is 17.1 Å². The maximum Gasteiger partial charge on any atom is 0.219 e. The quantitative estimate of drug-likeness (QED) is 0.822. The fraction of sp³-hybridized carbons (Fsp3) is 0.579. The molecule has 5 rings (SSSR count). The third-order valence-electron chi connectivity index (χ3n) is 6.87. The first-order chi connectivity index (χ1) is 11.9. The molecule has 2 heterocycles. The molecule has 0 unspecified atom stereocenters. The Bertz CT molecular complexity index is 820. The van der Waals surface area contributed by atoms with Crippen LogP contribution in [0.4, 0.5) is 0 Å². The second-order valence-corrected chi connectivity index (χ2v) is 7.67. The number of aliphatic hydroxyl groups is 1. The standard InChI is InChI=1S/C19H21NO5/c1-10(21)20-8-7-18-15-11-3-4-13(24-2)16(15)25-17(18)12(22)5-6-19(18,23)14(20)9-11/h3-4,14,17,23H,5-9H2,1-2H3/t14-,17+,18+,19-/m1/s1. The Morgan fingerprint density at radius 3 is 2.92 bits per heavy atom. The van der Waals surface area contributed by atoms with Gasteiger partial charge in [-0.05, 0) is 30.9 Å². The van der Waals surface area contributed by atoms with Crippen molar-refractivity contribution >= 4 is 11.7 Å². The minimum atomic E-state index is -1.14. The lowest BCUT2D eigenvalue weighted by Gasteiger charge is -2.62. The van der Waals surface area contributed by atoms with Gasteiger partial charge in [-0.2, -0.15) is 0 Å². The summed E-state index contributed by atoms with van der Waals surface area (Å²) in [7, 11) is 1.58. The number of methoxy groups -OCH3 is 1. The lowest BCUT2D eigenvalue weighted by molar-refractivity contribution is -0.191. The molecule has 2 aliphatic carbocycles.